The first-order valence-electron chi connectivity index (χ1n) is 6.88. The van der Waals surface area contributed by atoms with Gasteiger partial charge in [0.25, 0.3) is 0 Å². The zero-order chi connectivity index (χ0) is 11.2. The third kappa shape index (κ3) is 1.62. The molecule has 2 heteroatoms. The van der Waals surface area contributed by atoms with Crippen LogP contribution < -0.4 is 0 Å². The number of epoxide rings is 1. The van der Waals surface area contributed by atoms with Crippen molar-refractivity contribution >= 4 is 0 Å². The van der Waals surface area contributed by atoms with Crippen molar-refractivity contribution in [1.29, 1.82) is 0 Å². The van der Waals surface area contributed by atoms with Crippen LogP contribution >= 0.6 is 0 Å². The van der Waals surface area contributed by atoms with Crippen LogP contribution in [0.2, 0.25) is 0 Å². The Kier molecular flexibility index (Phi) is 2.27. The molecule has 3 saturated heterocycles. The highest BCUT2D eigenvalue weighted by Crippen LogP contribution is 2.47. The molecule has 0 aliphatic carbocycles. The van der Waals surface area contributed by atoms with E-state index in [0.717, 1.165) is 6.54 Å². The topological polar surface area (TPSA) is 15.8 Å². The molecule has 3 fully saturated rings. The Morgan fingerprint density at radius 1 is 1.00 bits per heavy atom. The molecule has 1 aromatic rings. The Morgan fingerprint density at radius 3 is 2.29 bits per heavy atom. The minimum absolute atomic E-state index is 0.573. The lowest BCUT2D eigenvalue weighted by atomic mass is 10.0. The summed E-state index contributed by atoms with van der Waals surface area (Å²) in [6.07, 6.45) is 6.60. The zero-order valence-corrected chi connectivity index (χ0v) is 10.1. The number of rotatable bonds is 2. The quantitative estimate of drug-likeness (QED) is 0.724. The molecule has 0 spiro atoms. The van der Waals surface area contributed by atoms with Crippen molar-refractivity contribution in [2.45, 2.75) is 56.5 Å². The van der Waals surface area contributed by atoms with Gasteiger partial charge in [0, 0.05) is 18.6 Å². The lowest BCUT2D eigenvalue weighted by molar-refractivity contribution is 0.0844. The lowest BCUT2D eigenvalue weighted by Gasteiger charge is -2.30. The van der Waals surface area contributed by atoms with Crippen LogP contribution in [0.4, 0.5) is 0 Å². The highest BCUT2D eigenvalue weighted by atomic mass is 16.6. The monoisotopic (exact) mass is 229 g/mol. The molecule has 2 bridgehead atoms. The predicted molar refractivity (Wildman–Crippen MR) is 66.7 cm³/mol. The highest BCUT2D eigenvalue weighted by molar-refractivity contribution is 5.18. The van der Waals surface area contributed by atoms with Crippen LogP contribution in [-0.2, 0) is 11.3 Å². The molecule has 2 nitrogen and oxygen atoms in total. The Balaban J connectivity index is 1.57. The molecule has 4 unspecified atom stereocenters. The first-order valence-corrected chi connectivity index (χ1v) is 6.88. The number of benzene rings is 1. The summed E-state index contributed by atoms with van der Waals surface area (Å²) >= 11 is 0. The molecular formula is C15H19NO. The maximum absolute atomic E-state index is 5.83. The van der Waals surface area contributed by atoms with Crippen LogP contribution in [0.5, 0.6) is 0 Å². The van der Waals surface area contributed by atoms with Gasteiger partial charge in [-0.15, -0.1) is 0 Å². The fourth-order valence-corrected chi connectivity index (χ4v) is 3.77. The van der Waals surface area contributed by atoms with Gasteiger partial charge in [-0.05, 0) is 18.4 Å². The van der Waals surface area contributed by atoms with Crippen LogP contribution in [0.1, 0.15) is 31.2 Å². The van der Waals surface area contributed by atoms with E-state index in [4.69, 9.17) is 4.74 Å². The standard InChI is InChI=1S/C15H19NO/c1-2-6-11(7-3-1)10-16-12-8-4-5-9-13(16)15-14(12)17-15/h1-3,6-7,12-15H,4-5,8-10H2. The average Bonchev–Trinajstić information content (AvgIpc) is 3.06. The van der Waals surface area contributed by atoms with Crippen LogP contribution in [0.3, 0.4) is 0 Å². The van der Waals surface area contributed by atoms with Crippen molar-refractivity contribution in [3.8, 4) is 0 Å². The summed E-state index contributed by atoms with van der Waals surface area (Å²) in [6.45, 7) is 1.12. The molecule has 17 heavy (non-hydrogen) atoms. The van der Waals surface area contributed by atoms with Crippen molar-refractivity contribution in [2.75, 3.05) is 0 Å². The second-order valence-corrected chi connectivity index (χ2v) is 5.64. The van der Waals surface area contributed by atoms with Crippen LogP contribution in [0.25, 0.3) is 0 Å². The minimum atomic E-state index is 0.573. The normalized spacial score (nSPS) is 39.8. The van der Waals surface area contributed by atoms with Gasteiger partial charge in [0.2, 0.25) is 0 Å². The van der Waals surface area contributed by atoms with Gasteiger partial charge < -0.3 is 4.74 Å². The molecule has 0 amide bonds. The van der Waals surface area contributed by atoms with Crippen molar-refractivity contribution in [1.82, 2.24) is 4.90 Å². The number of nitrogens with zero attached hydrogens (tertiary/aromatic N) is 1. The van der Waals surface area contributed by atoms with Gasteiger partial charge in [0.05, 0.1) is 0 Å². The molecule has 1 aromatic carbocycles. The van der Waals surface area contributed by atoms with E-state index in [0.29, 0.717) is 24.3 Å². The summed E-state index contributed by atoms with van der Waals surface area (Å²) in [5.41, 5.74) is 1.45. The maximum atomic E-state index is 5.83. The molecule has 4 rings (SSSR count). The summed E-state index contributed by atoms with van der Waals surface area (Å²) in [5, 5.41) is 0. The molecule has 0 N–H and O–H groups in total. The minimum Gasteiger partial charge on any atom is -0.366 e. The van der Waals surface area contributed by atoms with Gasteiger partial charge in [-0.3, -0.25) is 4.90 Å². The third-order valence-corrected chi connectivity index (χ3v) is 4.63. The number of morpholine rings is 1. The molecule has 0 radical (unpaired) electrons. The summed E-state index contributed by atoms with van der Waals surface area (Å²) in [4.78, 5) is 2.72. The molecular weight excluding hydrogens is 210 g/mol. The van der Waals surface area contributed by atoms with Crippen molar-refractivity contribution in [3.63, 3.8) is 0 Å². The van der Waals surface area contributed by atoms with Gasteiger partial charge >= 0.3 is 0 Å². The SMILES string of the molecule is c1ccc(CN2C3CCCCC2C2OC23)cc1. The van der Waals surface area contributed by atoms with Crippen molar-refractivity contribution < 1.29 is 4.74 Å². The van der Waals surface area contributed by atoms with Gasteiger partial charge in [0.1, 0.15) is 12.2 Å². The van der Waals surface area contributed by atoms with E-state index in [9.17, 15) is 0 Å². The largest absolute Gasteiger partial charge is 0.366 e. The molecule has 0 aromatic heterocycles. The molecule has 90 valence electrons. The number of ether oxygens (including phenoxy) is 1. The van der Waals surface area contributed by atoms with Gasteiger partial charge in [-0.1, -0.05) is 43.2 Å². The zero-order valence-electron chi connectivity index (χ0n) is 10.1. The molecule has 4 atom stereocenters. The molecule has 0 saturated carbocycles. The van der Waals surface area contributed by atoms with E-state index in [1.165, 1.54) is 31.2 Å². The van der Waals surface area contributed by atoms with Crippen LogP contribution in [0, 0.1) is 0 Å². The molecule has 3 heterocycles. The van der Waals surface area contributed by atoms with E-state index in [1.807, 2.05) is 0 Å². The number of hydrogen-bond acceptors (Lipinski definition) is 2. The van der Waals surface area contributed by atoms with Crippen molar-refractivity contribution in [3.05, 3.63) is 35.9 Å². The lowest BCUT2D eigenvalue weighted by Crippen LogP contribution is -2.39. The van der Waals surface area contributed by atoms with Crippen LogP contribution in [-0.4, -0.2) is 29.2 Å². The summed E-state index contributed by atoms with van der Waals surface area (Å²) in [7, 11) is 0. The first kappa shape index (κ1) is 10.1. The Hall–Kier alpha value is -0.860. The first-order chi connectivity index (χ1) is 8.43. The second-order valence-electron chi connectivity index (χ2n) is 5.64. The Morgan fingerprint density at radius 2 is 1.65 bits per heavy atom. The van der Waals surface area contributed by atoms with Gasteiger partial charge in [-0.2, -0.15) is 0 Å². The van der Waals surface area contributed by atoms with E-state index < -0.39 is 0 Å². The van der Waals surface area contributed by atoms with E-state index in [2.05, 4.69) is 35.2 Å². The van der Waals surface area contributed by atoms with Crippen LogP contribution in [0.15, 0.2) is 30.3 Å². The second kappa shape index (κ2) is 3.82. The summed E-state index contributed by atoms with van der Waals surface area (Å²) in [5.74, 6) is 0. The fourth-order valence-electron chi connectivity index (χ4n) is 3.77. The highest BCUT2D eigenvalue weighted by Gasteiger charge is 2.60. The Bertz CT molecular complexity index is 387. The predicted octanol–water partition coefficient (Wildman–Crippen LogP) is 2.58. The average molecular weight is 229 g/mol. The van der Waals surface area contributed by atoms with Crippen molar-refractivity contribution in [2.24, 2.45) is 0 Å². The number of hydrogen-bond donors (Lipinski definition) is 0. The Labute approximate surface area is 103 Å². The molecule has 3 aliphatic rings. The fraction of sp³-hybridized carbons (Fsp3) is 0.600. The summed E-state index contributed by atoms with van der Waals surface area (Å²) < 4.78 is 5.83. The maximum Gasteiger partial charge on any atom is 0.101 e. The molecule has 3 aliphatic heterocycles. The summed E-state index contributed by atoms with van der Waals surface area (Å²) in [6, 6.07) is 12.3. The van der Waals surface area contributed by atoms with Gasteiger partial charge in [-0.25, -0.2) is 0 Å². The van der Waals surface area contributed by atoms with E-state index >= 15 is 0 Å². The number of fused-ring (bicyclic) bond motifs is 5. The van der Waals surface area contributed by atoms with E-state index in [-0.39, 0.29) is 0 Å². The van der Waals surface area contributed by atoms with E-state index in [1.54, 1.807) is 0 Å². The third-order valence-electron chi connectivity index (χ3n) is 4.63. The van der Waals surface area contributed by atoms with Gasteiger partial charge in [0.15, 0.2) is 0 Å². The smallest absolute Gasteiger partial charge is 0.101 e.